The summed E-state index contributed by atoms with van der Waals surface area (Å²) in [6, 6.07) is 53.5. The van der Waals surface area contributed by atoms with E-state index >= 15 is 0 Å². The Morgan fingerprint density at radius 1 is 0.378 bits per heavy atom. The van der Waals surface area contributed by atoms with Gasteiger partial charge in [0.25, 0.3) is 0 Å². The Morgan fingerprint density at radius 3 is 1.62 bits per heavy atom. The van der Waals surface area contributed by atoms with E-state index in [9.17, 15) is 0 Å². The first-order chi connectivity index (χ1) is 22.3. The van der Waals surface area contributed by atoms with Crippen LogP contribution in [0.1, 0.15) is 22.3 Å². The van der Waals surface area contributed by atoms with Crippen LogP contribution in [0.5, 0.6) is 23.0 Å². The van der Waals surface area contributed by atoms with Gasteiger partial charge in [-0.25, -0.2) is 0 Å². The average Bonchev–Trinajstić information content (AvgIpc) is 3.40. The SMILES string of the molecule is c1ccc(C2(c3ccccc3)c3ccccc3-c3cc4c(cc32)Oc2ccc(-c3ccc(-c5ccncc5)cc3)cc2O4)cc1. The van der Waals surface area contributed by atoms with Gasteiger partial charge >= 0.3 is 0 Å². The molecule has 2 aliphatic rings. The van der Waals surface area contributed by atoms with Gasteiger partial charge in [0.15, 0.2) is 23.0 Å². The lowest BCUT2D eigenvalue weighted by atomic mass is 9.67. The molecule has 3 nitrogen and oxygen atoms in total. The summed E-state index contributed by atoms with van der Waals surface area (Å²) in [6.07, 6.45) is 3.64. The monoisotopic (exact) mass is 577 g/mol. The minimum Gasteiger partial charge on any atom is -0.450 e. The lowest BCUT2D eigenvalue weighted by Crippen LogP contribution is -2.28. The second-order valence-corrected chi connectivity index (χ2v) is 11.6. The van der Waals surface area contributed by atoms with E-state index in [4.69, 9.17) is 9.47 Å². The highest BCUT2D eigenvalue weighted by Crippen LogP contribution is 2.59. The number of ether oxygens (including phenoxy) is 2. The molecule has 212 valence electrons. The number of nitrogens with zero attached hydrogens (tertiary/aromatic N) is 1. The lowest BCUT2D eigenvalue weighted by Gasteiger charge is -2.34. The topological polar surface area (TPSA) is 31.4 Å². The summed E-state index contributed by atoms with van der Waals surface area (Å²) in [5, 5.41) is 0. The Morgan fingerprint density at radius 2 is 0.911 bits per heavy atom. The number of hydrogen-bond donors (Lipinski definition) is 0. The van der Waals surface area contributed by atoms with E-state index in [0.29, 0.717) is 11.5 Å². The van der Waals surface area contributed by atoms with Crippen molar-refractivity contribution in [3.8, 4) is 56.4 Å². The average molecular weight is 578 g/mol. The van der Waals surface area contributed by atoms with Crippen LogP contribution in [0, 0.1) is 0 Å². The molecule has 2 heterocycles. The largest absolute Gasteiger partial charge is 0.450 e. The fourth-order valence-corrected chi connectivity index (χ4v) is 7.10. The van der Waals surface area contributed by atoms with E-state index in [1.807, 2.05) is 30.6 Å². The first kappa shape index (κ1) is 25.6. The summed E-state index contributed by atoms with van der Waals surface area (Å²) in [5.41, 5.74) is 11.3. The molecule has 1 aliphatic carbocycles. The molecule has 0 N–H and O–H groups in total. The zero-order valence-electron chi connectivity index (χ0n) is 24.4. The molecule has 0 atom stereocenters. The van der Waals surface area contributed by atoms with Gasteiger partial charge in [-0.15, -0.1) is 0 Å². The Bertz CT molecular complexity index is 2150. The number of pyridine rings is 1. The molecule has 0 saturated heterocycles. The Kier molecular flexibility index (Phi) is 5.72. The fourth-order valence-electron chi connectivity index (χ4n) is 7.10. The molecule has 9 rings (SSSR count). The van der Waals surface area contributed by atoms with Crippen molar-refractivity contribution in [1.29, 1.82) is 0 Å². The van der Waals surface area contributed by atoms with Gasteiger partial charge in [0, 0.05) is 12.4 Å². The van der Waals surface area contributed by atoms with Crippen molar-refractivity contribution in [3.05, 3.63) is 186 Å². The van der Waals surface area contributed by atoms with Crippen LogP contribution in [0.4, 0.5) is 0 Å². The first-order valence-electron chi connectivity index (χ1n) is 15.2. The quantitative estimate of drug-likeness (QED) is 0.208. The third kappa shape index (κ3) is 3.94. The molecular weight excluding hydrogens is 550 g/mol. The molecule has 45 heavy (non-hydrogen) atoms. The molecule has 1 aromatic heterocycles. The number of fused-ring (bicyclic) bond motifs is 5. The van der Waals surface area contributed by atoms with Gasteiger partial charge in [0.2, 0.25) is 0 Å². The predicted octanol–water partition coefficient (Wildman–Crippen LogP) is 10.7. The number of rotatable bonds is 4. The Labute approximate surface area is 262 Å². The molecule has 0 fully saturated rings. The fraction of sp³-hybridized carbons (Fsp3) is 0.0238. The third-order valence-electron chi connectivity index (χ3n) is 9.14. The normalized spacial score (nSPS) is 13.4. The number of benzene rings is 6. The van der Waals surface area contributed by atoms with Crippen molar-refractivity contribution in [2.45, 2.75) is 5.41 Å². The summed E-state index contributed by atoms with van der Waals surface area (Å²) in [6.45, 7) is 0. The van der Waals surface area contributed by atoms with Crippen LogP contribution in [0.2, 0.25) is 0 Å². The van der Waals surface area contributed by atoms with Crippen LogP contribution in [0.25, 0.3) is 33.4 Å². The van der Waals surface area contributed by atoms with Gasteiger partial charge in [0.05, 0.1) is 5.41 Å². The van der Waals surface area contributed by atoms with E-state index in [2.05, 4.69) is 138 Å². The van der Waals surface area contributed by atoms with Crippen molar-refractivity contribution in [3.63, 3.8) is 0 Å². The van der Waals surface area contributed by atoms with Crippen LogP contribution >= 0.6 is 0 Å². The highest BCUT2D eigenvalue weighted by atomic mass is 16.6. The minimum atomic E-state index is -0.487. The summed E-state index contributed by atoms with van der Waals surface area (Å²) >= 11 is 0. The number of hydrogen-bond acceptors (Lipinski definition) is 3. The van der Waals surface area contributed by atoms with Crippen LogP contribution in [-0.2, 0) is 5.41 Å². The maximum absolute atomic E-state index is 6.62. The number of aromatic nitrogens is 1. The molecule has 1 aliphatic heterocycles. The maximum atomic E-state index is 6.62. The third-order valence-corrected chi connectivity index (χ3v) is 9.14. The molecule has 7 aromatic rings. The zero-order chi connectivity index (χ0) is 29.8. The van der Waals surface area contributed by atoms with E-state index in [1.54, 1.807) is 0 Å². The van der Waals surface area contributed by atoms with E-state index < -0.39 is 5.41 Å². The zero-order valence-corrected chi connectivity index (χ0v) is 24.4. The second kappa shape index (κ2) is 10.1. The molecule has 0 bridgehead atoms. The van der Waals surface area contributed by atoms with Gasteiger partial charge in [-0.2, -0.15) is 0 Å². The van der Waals surface area contributed by atoms with Gasteiger partial charge in [0.1, 0.15) is 0 Å². The van der Waals surface area contributed by atoms with Gasteiger partial charge < -0.3 is 9.47 Å². The lowest BCUT2D eigenvalue weighted by molar-refractivity contribution is 0.359. The molecule has 0 spiro atoms. The van der Waals surface area contributed by atoms with Crippen molar-refractivity contribution >= 4 is 0 Å². The van der Waals surface area contributed by atoms with E-state index in [0.717, 1.165) is 39.3 Å². The van der Waals surface area contributed by atoms with Gasteiger partial charge in [-0.3, -0.25) is 4.98 Å². The highest BCUT2D eigenvalue weighted by Gasteiger charge is 2.47. The summed E-state index contributed by atoms with van der Waals surface area (Å²) in [5.74, 6) is 2.86. The standard InChI is InChI=1S/C42H27NO2/c1-3-9-32(10-4-1)42(33-11-5-2-6-12-33)36-14-8-7-13-34(36)35-26-40-41(27-37(35)42)44-38-20-19-31(25-39(38)45-40)29-17-15-28(16-18-29)30-21-23-43-24-22-30/h1-27H. The minimum absolute atomic E-state index is 0.487. The Balaban J connectivity index is 1.15. The van der Waals surface area contributed by atoms with Crippen molar-refractivity contribution < 1.29 is 9.47 Å². The second-order valence-electron chi connectivity index (χ2n) is 11.6. The van der Waals surface area contributed by atoms with Crippen LogP contribution in [0.15, 0.2) is 164 Å². The van der Waals surface area contributed by atoms with Crippen LogP contribution in [0.3, 0.4) is 0 Å². The smallest absolute Gasteiger partial charge is 0.170 e. The molecular formula is C42H27NO2. The molecule has 0 saturated carbocycles. The molecule has 0 radical (unpaired) electrons. The Hall–Kier alpha value is -5.93. The maximum Gasteiger partial charge on any atom is 0.170 e. The molecule has 0 amide bonds. The van der Waals surface area contributed by atoms with Crippen LogP contribution in [-0.4, -0.2) is 4.98 Å². The summed E-state index contributed by atoms with van der Waals surface area (Å²) in [7, 11) is 0. The van der Waals surface area contributed by atoms with Crippen LogP contribution < -0.4 is 9.47 Å². The molecule has 6 aromatic carbocycles. The first-order valence-corrected chi connectivity index (χ1v) is 15.2. The van der Waals surface area contributed by atoms with Gasteiger partial charge in [-0.05, 0) is 92.0 Å². The van der Waals surface area contributed by atoms with E-state index in [-0.39, 0.29) is 0 Å². The highest BCUT2D eigenvalue weighted by molar-refractivity contribution is 5.88. The summed E-state index contributed by atoms with van der Waals surface area (Å²) in [4.78, 5) is 4.13. The van der Waals surface area contributed by atoms with Gasteiger partial charge in [-0.1, -0.05) is 115 Å². The van der Waals surface area contributed by atoms with Crippen molar-refractivity contribution in [2.24, 2.45) is 0 Å². The van der Waals surface area contributed by atoms with Crippen molar-refractivity contribution in [1.82, 2.24) is 4.98 Å². The van der Waals surface area contributed by atoms with Crippen molar-refractivity contribution in [2.75, 3.05) is 0 Å². The van der Waals surface area contributed by atoms with E-state index in [1.165, 1.54) is 27.8 Å². The summed E-state index contributed by atoms with van der Waals surface area (Å²) < 4.78 is 13.2. The predicted molar refractivity (Wildman–Crippen MR) is 179 cm³/mol. The molecule has 0 unspecified atom stereocenters. The molecule has 3 heteroatoms.